The van der Waals surface area contributed by atoms with E-state index in [4.69, 9.17) is 16.3 Å². The summed E-state index contributed by atoms with van der Waals surface area (Å²) in [6, 6.07) is 17.5. The first-order valence-electron chi connectivity index (χ1n) is 11.3. The average molecular weight is 514 g/mol. The number of ether oxygens (including phenoxy) is 1. The van der Waals surface area contributed by atoms with Gasteiger partial charge in [0, 0.05) is 37.4 Å². The van der Waals surface area contributed by atoms with Crippen molar-refractivity contribution in [2.75, 3.05) is 42.9 Å². The summed E-state index contributed by atoms with van der Waals surface area (Å²) in [5, 5.41) is 0.0545. The van der Waals surface area contributed by atoms with Crippen molar-refractivity contribution in [2.45, 2.75) is 18.7 Å². The molecule has 0 atom stereocenters. The molecule has 0 saturated carbocycles. The minimum atomic E-state index is -3.99. The molecule has 0 unspecified atom stereocenters. The molecule has 1 aliphatic rings. The molecular weight excluding hydrogens is 486 g/mol. The first kappa shape index (κ1) is 24.9. The molecule has 7 nitrogen and oxygen atoms in total. The molecule has 1 fully saturated rings. The fourth-order valence-corrected chi connectivity index (χ4v) is 5.66. The second-order valence-electron chi connectivity index (χ2n) is 8.50. The molecule has 1 amide bonds. The number of hydrogen-bond donors (Lipinski definition) is 1. The van der Waals surface area contributed by atoms with Crippen LogP contribution >= 0.6 is 11.6 Å². The van der Waals surface area contributed by atoms with Gasteiger partial charge in [-0.3, -0.25) is 9.52 Å². The molecule has 4 rings (SSSR count). The van der Waals surface area contributed by atoms with Crippen molar-refractivity contribution in [3.8, 4) is 5.75 Å². The van der Waals surface area contributed by atoms with Crippen LogP contribution in [0, 0.1) is 13.8 Å². The van der Waals surface area contributed by atoms with Crippen LogP contribution in [-0.4, -0.2) is 52.5 Å². The van der Waals surface area contributed by atoms with Crippen LogP contribution in [0.15, 0.2) is 65.6 Å². The molecule has 3 aromatic rings. The van der Waals surface area contributed by atoms with E-state index < -0.39 is 10.0 Å². The Morgan fingerprint density at radius 2 is 1.66 bits per heavy atom. The van der Waals surface area contributed by atoms with Gasteiger partial charge in [0.1, 0.15) is 10.6 Å². The number of anilines is 2. The number of benzene rings is 3. The van der Waals surface area contributed by atoms with Crippen LogP contribution in [0.25, 0.3) is 0 Å². The smallest absolute Gasteiger partial charge is 0.263 e. The molecule has 1 heterocycles. The van der Waals surface area contributed by atoms with E-state index in [9.17, 15) is 13.2 Å². The van der Waals surface area contributed by atoms with Gasteiger partial charge in [0.05, 0.1) is 17.8 Å². The first-order chi connectivity index (χ1) is 16.7. The third kappa shape index (κ3) is 5.39. The lowest BCUT2D eigenvalue weighted by Gasteiger charge is -2.36. The van der Waals surface area contributed by atoms with Crippen LogP contribution in [0.3, 0.4) is 0 Å². The Labute approximate surface area is 211 Å². The van der Waals surface area contributed by atoms with Crippen molar-refractivity contribution in [1.82, 2.24) is 4.90 Å². The predicted molar refractivity (Wildman–Crippen MR) is 139 cm³/mol. The van der Waals surface area contributed by atoms with Gasteiger partial charge in [0.25, 0.3) is 15.9 Å². The Morgan fingerprint density at radius 1 is 0.943 bits per heavy atom. The van der Waals surface area contributed by atoms with E-state index in [0.29, 0.717) is 31.9 Å². The zero-order chi connectivity index (χ0) is 25.2. The fourth-order valence-electron chi connectivity index (χ4n) is 4.08. The number of para-hydroxylation sites is 2. The largest absolute Gasteiger partial charge is 0.495 e. The van der Waals surface area contributed by atoms with E-state index in [1.807, 2.05) is 44.2 Å². The number of nitrogens with zero attached hydrogens (tertiary/aromatic N) is 2. The van der Waals surface area contributed by atoms with E-state index in [2.05, 4.69) is 9.62 Å². The zero-order valence-corrected chi connectivity index (χ0v) is 21.5. The van der Waals surface area contributed by atoms with Gasteiger partial charge in [-0.2, -0.15) is 0 Å². The zero-order valence-electron chi connectivity index (χ0n) is 19.9. The molecule has 0 radical (unpaired) electrons. The number of carbonyl (C=O) groups excluding carboxylic acids is 1. The van der Waals surface area contributed by atoms with Gasteiger partial charge in [-0.1, -0.05) is 29.8 Å². The van der Waals surface area contributed by atoms with Crippen LogP contribution in [-0.2, 0) is 10.0 Å². The molecule has 0 spiro atoms. The van der Waals surface area contributed by atoms with Gasteiger partial charge in [-0.05, 0) is 67.4 Å². The van der Waals surface area contributed by atoms with E-state index in [0.717, 1.165) is 22.6 Å². The van der Waals surface area contributed by atoms with E-state index in [1.54, 1.807) is 30.2 Å². The molecule has 35 heavy (non-hydrogen) atoms. The van der Waals surface area contributed by atoms with Gasteiger partial charge in [-0.25, -0.2) is 8.42 Å². The van der Waals surface area contributed by atoms with Crippen molar-refractivity contribution >= 4 is 38.9 Å². The van der Waals surface area contributed by atoms with Crippen LogP contribution in [0.1, 0.15) is 21.5 Å². The molecule has 1 aliphatic heterocycles. The Kier molecular flexibility index (Phi) is 7.23. The number of rotatable bonds is 6. The second-order valence-corrected chi connectivity index (χ2v) is 10.6. The maximum atomic E-state index is 13.2. The summed E-state index contributed by atoms with van der Waals surface area (Å²) in [6.45, 7) is 6.14. The number of carbonyl (C=O) groups is 1. The Balaban J connectivity index is 1.50. The predicted octanol–water partition coefficient (Wildman–Crippen LogP) is 4.73. The molecule has 9 heteroatoms. The SMILES string of the molecule is COc1ccccc1N1CCN(C(=O)c2ccc(Cl)c(S(=O)(=O)Nc3ccc(C)c(C)c3)c2)CC1. The lowest BCUT2D eigenvalue weighted by atomic mass is 10.1. The summed E-state index contributed by atoms with van der Waals surface area (Å²) in [4.78, 5) is 17.0. The normalized spacial score (nSPS) is 14.1. The van der Waals surface area contributed by atoms with Gasteiger partial charge < -0.3 is 14.5 Å². The van der Waals surface area contributed by atoms with Crippen LogP contribution < -0.4 is 14.4 Å². The van der Waals surface area contributed by atoms with Crippen molar-refractivity contribution in [2.24, 2.45) is 0 Å². The lowest BCUT2D eigenvalue weighted by molar-refractivity contribution is 0.0746. The van der Waals surface area contributed by atoms with Crippen molar-refractivity contribution < 1.29 is 17.9 Å². The van der Waals surface area contributed by atoms with Gasteiger partial charge >= 0.3 is 0 Å². The Bertz CT molecular complexity index is 1350. The third-order valence-electron chi connectivity index (χ3n) is 6.22. The van der Waals surface area contributed by atoms with E-state index >= 15 is 0 Å². The molecule has 0 aliphatic carbocycles. The number of methoxy groups -OCH3 is 1. The highest BCUT2D eigenvalue weighted by molar-refractivity contribution is 7.92. The van der Waals surface area contributed by atoms with Crippen LogP contribution in [0.4, 0.5) is 11.4 Å². The fraction of sp³-hybridized carbons (Fsp3) is 0.269. The molecule has 0 aromatic heterocycles. The lowest BCUT2D eigenvalue weighted by Crippen LogP contribution is -2.48. The number of amides is 1. The summed E-state index contributed by atoms with van der Waals surface area (Å²) >= 11 is 6.25. The number of aryl methyl sites for hydroxylation is 2. The van der Waals surface area contributed by atoms with E-state index in [1.165, 1.54) is 12.1 Å². The maximum Gasteiger partial charge on any atom is 0.263 e. The number of hydrogen-bond acceptors (Lipinski definition) is 5. The Hall–Kier alpha value is -3.23. The second kappa shape index (κ2) is 10.2. The third-order valence-corrected chi connectivity index (χ3v) is 8.08. The standard InChI is InChI=1S/C26H28ClN3O4S/c1-18-8-10-21(16-19(18)2)28-35(32,33)25-17-20(9-11-22(25)27)26(31)30-14-12-29(13-15-30)23-6-4-5-7-24(23)34-3/h4-11,16-17,28H,12-15H2,1-3H3. The van der Waals surface area contributed by atoms with Gasteiger partial charge in [0.2, 0.25) is 0 Å². The molecule has 1 N–H and O–H groups in total. The summed E-state index contributed by atoms with van der Waals surface area (Å²) in [5.74, 6) is 0.556. The van der Waals surface area contributed by atoms with Crippen LogP contribution in [0.2, 0.25) is 5.02 Å². The van der Waals surface area contributed by atoms with E-state index in [-0.39, 0.29) is 21.4 Å². The molecule has 1 saturated heterocycles. The maximum absolute atomic E-state index is 13.2. The molecule has 184 valence electrons. The highest BCUT2D eigenvalue weighted by atomic mass is 35.5. The average Bonchev–Trinajstić information content (AvgIpc) is 2.86. The number of halogens is 1. The Morgan fingerprint density at radius 3 is 2.34 bits per heavy atom. The molecular formula is C26H28ClN3O4S. The van der Waals surface area contributed by atoms with Crippen molar-refractivity contribution in [1.29, 1.82) is 0 Å². The first-order valence-corrected chi connectivity index (χ1v) is 13.1. The highest BCUT2D eigenvalue weighted by Gasteiger charge is 2.26. The number of piperazine rings is 1. The summed E-state index contributed by atoms with van der Waals surface area (Å²) in [6.07, 6.45) is 0. The molecule has 3 aromatic carbocycles. The minimum absolute atomic E-state index is 0.0545. The van der Waals surface area contributed by atoms with Gasteiger partial charge in [-0.15, -0.1) is 0 Å². The topological polar surface area (TPSA) is 79.0 Å². The summed E-state index contributed by atoms with van der Waals surface area (Å²) < 4.78 is 34.2. The summed E-state index contributed by atoms with van der Waals surface area (Å²) in [5.41, 5.74) is 3.73. The minimum Gasteiger partial charge on any atom is -0.495 e. The van der Waals surface area contributed by atoms with Gasteiger partial charge in [0.15, 0.2) is 0 Å². The van der Waals surface area contributed by atoms with Crippen LogP contribution in [0.5, 0.6) is 5.75 Å². The van der Waals surface area contributed by atoms with Crippen molar-refractivity contribution in [3.05, 3.63) is 82.4 Å². The highest BCUT2D eigenvalue weighted by Crippen LogP contribution is 2.29. The molecule has 0 bridgehead atoms. The monoisotopic (exact) mass is 513 g/mol. The quantitative estimate of drug-likeness (QED) is 0.515. The van der Waals surface area contributed by atoms with Crippen molar-refractivity contribution in [3.63, 3.8) is 0 Å². The summed E-state index contributed by atoms with van der Waals surface area (Å²) in [7, 11) is -2.35. The number of sulfonamides is 1. The number of nitrogens with one attached hydrogen (secondary N) is 1.